The summed E-state index contributed by atoms with van der Waals surface area (Å²) in [4.78, 5) is 28.9. The average molecular weight is 622 g/mol. The highest BCUT2D eigenvalue weighted by Crippen LogP contribution is 2.29. The Bertz CT molecular complexity index is 1680. The van der Waals surface area contributed by atoms with Gasteiger partial charge in [-0.3, -0.25) is 13.9 Å². The van der Waals surface area contributed by atoms with E-state index in [9.17, 15) is 22.4 Å². The van der Waals surface area contributed by atoms with Gasteiger partial charge in [0.05, 0.1) is 10.6 Å². The molecule has 4 rings (SSSR count). The number of carbonyl (C=O) groups is 2. The number of carbonyl (C=O) groups excluding carboxylic acids is 2. The van der Waals surface area contributed by atoms with Crippen molar-refractivity contribution in [3.63, 3.8) is 0 Å². The molecule has 0 aliphatic carbocycles. The van der Waals surface area contributed by atoms with Crippen molar-refractivity contribution in [1.29, 1.82) is 0 Å². The van der Waals surface area contributed by atoms with Crippen molar-refractivity contribution < 1.29 is 22.4 Å². The van der Waals surface area contributed by atoms with Gasteiger partial charge in [-0.2, -0.15) is 0 Å². The van der Waals surface area contributed by atoms with Crippen molar-refractivity contribution in [3.8, 4) is 0 Å². The van der Waals surface area contributed by atoms with E-state index in [1.165, 1.54) is 54.4 Å². The number of rotatable bonds is 11. The zero-order valence-corrected chi connectivity index (χ0v) is 25.7. The molecule has 1 N–H and O–H groups in total. The third-order valence-electron chi connectivity index (χ3n) is 7.11. The fourth-order valence-corrected chi connectivity index (χ4v) is 6.19. The molecule has 43 heavy (non-hydrogen) atoms. The summed E-state index contributed by atoms with van der Waals surface area (Å²) in [5.74, 6) is -1.49. The molecule has 2 amide bonds. The molecule has 0 radical (unpaired) electrons. The van der Waals surface area contributed by atoms with Crippen LogP contribution in [0.1, 0.15) is 22.3 Å². The van der Waals surface area contributed by atoms with E-state index in [-0.39, 0.29) is 23.5 Å². The second-order valence-corrected chi connectivity index (χ2v) is 12.5. The minimum absolute atomic E-state index is 0.000168. The number of halogens is 2. The SMILES string of the molecule is CNC(=O)[C@@H](Cc1ccccc1)N(Cc1ccc(F)cc1)C(=O)CN(c1ccc(C)c(Cl)c1)S(=O)(=O)c1ccc(C)cc1. The van der Waals surface area contributed by atoms with Crippen LogP contribution in [0, 0.1) is 19.7 Å². The first kappa shape index (κ1) is 31.7. The lowest BCUT2D eigenvalue weighted by Gasteiger charge is -2.33. The van der Waals surface area contributed by atoms with E-state index in [0.29, 0.717) is 10.6 Å². The van der Waals surface area contributed by atoms with Crippen LogP contribution in [0.15, 0.2) is 102 Å². The Balaban J connectivity index is 1.80. The fraction of sp³-hybridized carbons (Fsp3) is 0.212. The molecule has 0 aliphatic rings. The zero-order chi connectivity index (χ0) is 31.1. The van der Waals surface area contributed by atoms with Gasteiger partial charge in [0.25, 0.3) is 10.0 Å². The quantitative estimate of drug-likeness (QED) is 0.234. The number of likely N-dealkylation sites (N-methyl/N-ethyl adjacent to an activating group) is 1. The van der Waals surface area contributed by atoms with E-state index >= 15 is 0 Å². The minimum Gasteiger partial charge on any atom is -0.357 e. The van der Waals surface area contributed by atoms with Crippen LogP contribution < -0.4 is 9.62 Å². The molecule has 0 saturated carbocycles. The number of amides is 2. The van der Waals surface area contributed by atoms with Crippen LogP contribution in [0.3, 0.4) is 0 Å². The van der Waals surface area contributed by atoms with E-state index in [4.69, 9.17) is 11.6 Å². The lowest BCUT2D eigenvalue weighted by Crippen LogP contribution is -2.53. The molecule has 0 saturated heterocycles. The summed E-state index contributed by atoms with van der Waals surface area (Å²) in [6.07, 6.45) is 0.175. The van der Waals surface area contributed by atoms with Crippen molar-refractivity contribution in [2.45, 2.75) is 37.8 Å². The Labute approximate surface area is 257 Å². The molecule has 7 nitrogen and oxygen atoms in total. The van der Waals surface area contributed by atoms with E-state index in [1.54, 1.807) is 31.2 Å². The van der Waals surface area contributed by atoms with Crippen LogP contribution in [0.5, 0.6) is 0 Å². The summed E-state index contributed by atoms with van der Waals surface area (Å²) in [6, 6.07) is 24.9. The molecule has 1 atom stereocenters. The summed E-state index contributed by atoms with van der Waals surface area (Å²) >= 11 is 6.39. The van der Waals surface area contributed by atoms with Crippen LogP contribution >= 0.6 is 11.6 Å². The van der Waals surface area contributed by atoms with Gasteiger partial charge in [0, 0.05) is 25.0 Å². The third-order valence-corrected chi connectivity index (χ3v) is 9.31. The highest BCUT2D eigenvalue weighted by molar-refractivity contribution is 7.92. The smallest absolute Gasteiger partial charge is 0.264 e. The maximum absolute atomic E-state index is 14.3. The van der Waals surface area contributed by atoms with Gasteiger partial charge in [-0.25, -0.2) is 12.8 Å². The molecule has 4 aromatic rings. The number of sulfonamides is 1. The molecule has 0 fully saturated rings. The van der Waals surface area contributed by atoms with Gasteiger partial charge >= 0.3 is 0 Å². The molecule has 0 aliphatic heterocycles. The van der Waals surface area contributed by atoms with E-state index in [2.05, 4.69) is 5.32 Å². The Kier molecular flexibility index (Phi) is 10.2. The van der Waals surface area contributed by atoms with Crippen LogP contribution in [0.4, 0.5) is 10.1 Å². The second-order valence-electron chi connectivity index (χ2n) is 10.2. The zero-order valence-electron chi connectivity index (χ0n) is 24.1. The Morgan fingerprint density at radius 3 is 2.14 bits per heavy atom. The Hall–Kier alpha value is -4.21. The van der Waals surface area contributed by atoms with E-state index < -0.39 is 40.2 Å². The Morgan fingerprint density at radius 1 is 0.884 bits per heavy atom. The maximum atomic E-state index is 14.3. The highest BCUT2D eigenvalue weighted by Gasteiger charge is 2.34. The maximum Gasteiger partial charge on any atom is 0.264 e. The van der Waals surface area contributed by atoms with Crippen molar-refractivity contribution in [3.05, 3.63) is 130 Å². The van der Waals surface area contributed by atoms with Gasteiger partial charge in [-0.15, -0.1) is 0 Å². The van der Waals surface area contributed by atoms with Gasteiger partial charge in [0.2, 0.25) is 11.8 Å². The highest BCUT2D eigenvalue weighted by atomic mass is 35.5. The normalized spacial score (nSPS) is 11.9. The molecule has 224 valence electrons. The lowest BCUT2D eigenvalue weighted by molar-refractivity contribution is -0.139. The minimum atomic E-state index is -4.24. The topological polar surface area (TPSA) is 86.8 Å². The number of anilines is 1. The van der Waals surface area contributed by atoms with Gasteiger partial charge in [0.1, 0.15) is 18.4 Å². The summed E-state index contributed by atoms with van der Waals surface area (Å²) in [5, 5.41) is 2.97. The van der Waals surface area contributed by atoms with Gasteiger partial charge in [-0.1, -0.05) is 77.8 Å². The van der Waals surface area contributed by atoms with Crippen LogP contribution in [0.2, 0.25) is 5.02 Å². The number of nitrogens with zero attached hydrogens (tertiary/aromatic N) is 2. The molecular formula is C33H33ClFN3O4S. The summed E-state index contributed by atoms with van der Waals surface area (Å²) < 4.78 is 42.8. The van der Waals surface area contributed by atoms with Crippen molar-refractivity contribution in [2.75, 3.05) is 17.9 Å². The van der Waals surface area contributed by atoms with E-state index in [0.717, 1.165) is 21.0 Å². The van der Waals surface area contributed by atoms with Crippen LogP contribution in [-0.4, -0.2) is 44.8 Å². The largest absolute Gasteiger partial charge is 0.357 e. The third kappa shape index (κ3) is 7.80. The fourth-order valence-electron chi connectivity index (χ4n) is 4.61. The van der Waals surface area contributed by atoms with Gasteiger partial charge in [0.15, 0.2) is 0 Å². The molecule has 0 spiro atoms. The molecule has 0 unspecified atom stereocenters. The monoisotopic (exact) mass is 621 g/mol. The predicted molar refractivity (Wildman–Crippen MR) is 167 cm³/mol. The summed E-state index contributed by atoms with van der Waals surface area (Å²) in [7, 11) is -2.77. The lowest BCUT2D eigenvalue weighted by atomic mass is 10.0. The number of hydrogen-bond donors (Lipinski definition) is 1. The number of hydrogen-bond acceptors (Lipinski definition) is 4. The molecule has 0 aromatic heterocycles. The molecule has 10 heteroatoms. The first-order valence-corrected chi connectivity index (χ1v) is 15.5. The standard InChI is InChI=1S/C33H33ClFN3O4S/c1-23-9-17-29(18-10-23)43(41,42)38(28-16-11-24(2)30(34)20-28)22-32(39)37(21-26-12-14-27(35)15-13-26)31(33(40)36-3)19-25-7-5-4-6-8-25/h4-18,20,31H,19,21-22H2,1-3H3,(H,36,40)/t31-/m1/s1. The van der Waals surface area contributed by atoms with E-state index in [1.807, 2.05) is 37.3 Å². The molecule has 4 aromatic carbocycles. The summed E-state index contributed by atoms with van der Waals surface area (Å²) in [6.45, 7) is 2.96. The molecule has 0 heterocycles. The first-order chi connectivity index (χ1) is 20.5. The predicted octanol–water partition coefficient (Wildman–Crippen LogP) is 5.68. The Morgan fingerprint density at radius 2 is 1.53 bits per heavy atom. The average Bonchev–Trinajstić information content (AvgIpc) is 3.00. The van der Waals surface area contributed by atoms with Crippen LogP contribution in [-0.2, 0) is 32.6 Å². The van der Waals surface area contributed by atoms with Gasteiger partial charge in [-0.05, 0) is 66.9 Å². The van der Waals surface area contributed by atoms with Crippen LogP contribution in [0.25, 0.3) is 0 Å². The number of nitrogens with one attached hydrogen (secondary N) is 1. The number of benzene rings is 4. The first-order valence-electron chi connectivity index (χ1n) is 13.6. The van der Waals surface area contributed by atoms with Crippen molar-refractivity contribution >= 4 is 39.1 Å². The van der Waals surface area contributed by atoms with Crippen molar-refractivity contribution in [2.24, 2.45) is 0 Å². The second kappa shape index (κ2) is 13.8. The van der Waals surface area contributed by atoms with Gasteiger partial charge < -0.3 is 10.2 Å². The molecule has 0 bridgehead atoms. The number of aryl methyl sites for hydroxylation is 2. The summed E-state index contributed by atoms with van der Waals surface area (Å²) in [5.41, 5.74) is 3.20. The van der Waals surface area contributed by atoms with Crippen molar-refractivity contribution in [1.82, 2.24) is 10.2 Å². The molecular weight excluding hydrogens is 589 g/mol.